The number of nitrogens with one attached hydrogen (secondary N) is 1. The Balaban J connectivity index is 1.60. The highest BCUT2D eigenvalue weighted by atomic mass is 32.1. The van der Waals surface area contributed by atoms with Crippen molar-refractivity contribution in [3.8, 4) is 11.4 Å². The predicted octanol–water partition coefficient (Wildman–Crippen LogP) is 1.13. The number of pyridine rings is 1. The molecule has 0 bridgehead atoms. The first kappa shape index (κ1) is 12.8. The summed E-state index contributed by atoms with van der Waals surface area (Å²) in [5, 5.41) is 17.0. The fraction of sp³-hybridized carbons (Fsp3) is 0.385. The maximum atomic E-state index is 5.91. The Hall–Kier alpha value is -1.90. The average Bonchev–Trinajstić information content (AvgIpc) is 3.03. The second kappa shape index (κ2) is 4.83. The second-order valence-electron chi connectivity index (χ2n) is 5.30. The van der Waals surface area contributed by atoms with Crippen LogP contribution in [0.5, 0.6) is 0 Å². The number of ether oxygens (including phenoxy) is 1. The van der Waals surface area contributed by atoms with Crippen LogP contribution >= 0.6 is 11.3 Å². The third-order valence-corrected chi connectivity index (χ3v) is 4.37. The molecule has 1 saturated heterocycles. The lowest BCUT2D eigenvalue weighted by Crippen LogP contribution is -2.58. The van der Waals surface area contributed by atoms with E-state index >= 15 is 0 Å². The van der Waals surface area contributed by atoms with Gasteiger partial charge in [0.15, 0.2) is 5.82 Å². The van der Waals surface area contributed by atoms with Crippen molar-refractivity contribution < 1.29 is 4.74 Å². The van der Waals surface area contributed by atoms with E-state index in [0.717, 1.165) is 28.6 Å². The standard InChI is InChI=1S/C13H14N6OS/c1-13(7-15-8-13)20-6-10-18-19-11(16-17-12(19)21-10)9-3-2-4-14-5-9/h2-5,15H,6-8H2,1H3. The van der Waals surface area contributed by atoms with E-state index in [4.69, 9.17) is 4.74 Å². The predicted molar refractivity (Wildman–Crippen MR) is 78.0 cm³/mol. The molecule has 0 saturated carbocycles. The molecule has 21 heavy (non-hydrogen) atoms. The van der Waals surface area contributed by atoms with Crippen LogP contribution in [0.1, 0.15) is 11.9 Å². The van der Waals surface area contributed by atoms with Crippen LogP contribution < -0.4 is 5.32 Å². The molecule has 1 fully saturated rings. The summed E-state index contributed by atoms with van der Waals surface area (Å²) in [5.41, 5.74) is 0.830. The minimum Gasteiger partial charge on any atom is -0.365 e. The molecule has 4 rings (SSSR count). The summed E-state index contributed by atoms with van der Waals surface area (Å²) in [6.07, 6.45) is 3.49. The molecular formula is C13H14N6OS. The van der Waals surface area contributed by atoms with Gasteiger partial charge >= 0.3 is 0 Å². The Kier molecular flexibility index (Phi) is 2.95. The SMILES string of the molecule is CC1(OCc2nn3c(-c4cccnc4)nnc3s2)CNC1. The smallest absolute Gasteiger partial charge is 0.235 e. The van der Waals surface area contributed by atoms with E-state index in [2.05, 4.69) is 32.5 Å². The van der Waals surface area contributed by atoms with Gasteiger partial charge in [-0.2, -0.15) is 9.61 Å². The molecular weight excluding hydrogens is 288 g/mol. The molecule has 1 N–H and O–H groups in total. The summed E-state index contributed by atoms with van der Waals surface area (Å²) in [5.74, 6) is 0.706. The molecule has 8 heteroatoms. The largest absolute Gasteiger partial charge is 0.365 e. The van der Waals surface area contributed by atoms with Gasteiger partial charge in [-0.15, -0.1) is 10.2 Å². The molecule has 3 aromatic rings. The van der Waals surface area contributed by atoms with Gasteiger partial charge in [-0.05, 0) is 19.1 Å². The first-order valence-electron chi connectivity index (χ1n) is 6.70. The van der Waals surface area contributed by atoms with E-state index in [1.165, 1.54) is 11.3 Å². The molecule has 4 heterocycles. The molecule has 1 aliphatic rings. The van der Waals surface area contributed by atoms with Gasteiger partial charge in [-0.3, -0.25) is 4.98 Å². The molecule has 0 radical (unpaired) electrons. The highest BCUT2D eigenvalue weighted by Gasteiger charge is 2.32. The van der Waals surface area contributed by atoms with Crippen LogP contribution in [0.3, 0.4) is 0 Å². The quantitative estimate of drug-likeness (QED) is 0.778. The van der Waals surface area contributed by atoms with Gasteiger partial charge in [0.2, 0.25) is 4.96 Å². The number of aromatic nitrogens is 5. The zero-order valence-electron chi connectivity index (χ0n) is 11.5. The van der Waals surface area contributed by atoms with Crippen molar-refractivity contribution in [2.24, 2.45) is 0 Å². The van der Waals surface area contributed by atoms with Crippen molar-refractivity contribution >= 4 is 16.3 Å². The summed E-state index contributed by atoms with van der Waals surface area (Å²) >= 11 is 1.50. The van der Waals surface area contributed by atoms with E-state index in [1.807, 2.05) is 12.1 Å². The lowest BCUT2D eigenvalue weighted by molar-refractivity contribution is -0.0769. The zero-order valence-corrected chi connectivity index (χ0v) is 12.3. The lowest BCUT2D eigenvalue weighted by Gasteiger charge is -2.38. The third-order valence-electron chi connectivity index (χ3n) is 3.49. The molecule has 0 atom stereocenters. The summed E-state index contributed by atoms with van der Waals surface area (Å²) in [6, 6.07) is 3.82. The Labute approximate surface area is 125 Å². The fourth-order valence-corrected chi connectivity index (χ4v) is 2.95. The Morgan fingerprint density at radius 1 is 1.43 bits per heavy atom. The normalized spacial score (nSPS) is 17.0. The Morgan fingerprint density at radius 2 is 2.33 bits per heavy atom. The maximum absolute atomic E-state index is 5.91. The van der Waals surface area contributed by atoms with Crippen LogP contribution in [0.15, 0.2) is 24.5 Å². The number of rotatable bonds is 4. The third kappa shape index (κ3) is 2.31. The minimum atomic E-state index is -0.0712. The van der Waals surface area contributed by atoms with Gasteiger partial charge < -0.3 is 10.1 Å². The average molecular weight is 302 g/mol. The van der Waals surface area contributed by atoms with Gasteiger partial charge in [0.25, 0.3) is 0 Å². The van der Waals surface area contributed by atoms with E-state index in [-0.39, 0.29) is 5.60 Å². The van der Waals surface area contributed by atoms with Crippen molar-refractivity contribution in [3.05, 3.63) is 29.5 Å². The van der Waals surface area contributed by atoms with Crippen LogP contribution in [0, 0.1) is 0 Å². The number of hydrogen-bond acceptors (Lipinski definition) is 7. The number of hydrogen-bond donors (Lipinski definition) is 1. The van der Waals surface area contributed by atoms with E-state index < -0.39 is 0 Å². The highest BCUT2D eigenvalue weighted by molar-refractivity contribution is 7.16. The topological polar surface area (TPSA) is 77.2 Å². The van der Waals surface area contributed by atoms with Crippen molar-refractivity contribution in [2.45, 2.75) is 19.1 Å². The van der Waals surface area contributed by atoms with Crippen LogP contribution in [0.25, 0.3) is 16.3 Å². The summed E-state index contributed by atoms with van der Waals surface area (Å²) in [6.45, 7) is 4.37. The van der Waals surface area contributed by atoms with Crippen LogP contribution in [0.4, 0.5) is 0 Å². The lowest BCUT2D eigenvalue weighted by atomic mass is 10.0. The molecule has 0 aromatic carbocycles. The van der Waals surface area contributed by atoms with Gasteiger partial charge in [-0.25, -0.2) is 0 Å². The van der Waals surface area contributed by atoms with Gasteiger partial charge in [0, 0.05) is 31.0 Å². The maximum Gasteiger partial charge on any atom is 0.235 e. The molecule has 0 amide bonds. The van der Waals surface area contributed by atoms with E-state index in [1.54, 1.807) is 16.9 Å². The molecule has 0 aliphatic carbocycles. The molecule has 1 aliphatic heterocycles. The van der Waals surface area contributed by atoms with Gasteiger partial charge in [0.1, 0.15) is 11.6 Å². The van der Waals surface area contributed by atoms with Gasteiger partial charge in [-0.1, -0.05) is 11.3 Å². The van der Waals surface area contributed by atoms with Crippen molar-refractivity contribution in [1.29, 1.82) is 0 Å². The summed E-state index contributed by atoms with van der Waals surface area (Å²) < 4.78 is 7.66. The fourth-order valence-electron chi connectivity index (χ4n) is 2.21. The molecule has 108 valence electrons. The monoisotopic (exact) mass is 302 g/mol. The van der Waals surface area contributed by atoms with E-state index in [0.29, 0.717) is 12.4 Å². The number of nitrogens with zero attached hydrogens (tertiary/aromatic N) is 5. The van der Waals surface area contributed by atoms with Crippen molar-refractivity contribution in [3.63, 3.8) is 0 Å². The number of fused-ring (bicyclic) bond motifs is 1. The Morgan fingerprint density at radius 3 is 3.05 bits per heavy atom. The van der Waals surface area contributed by atoms with Crippen LogP contribution in [-0.4, -0.2) is 43.5 Å². The van der Waals surface area contributed by atoms with E-state index in [9.17, 15) is 0 Å². The molecule has 7 nitrogen and oxygen atoms in total. The molecule has 0 spiro atoms. The summed E-state index contributed by atoms with van der Waals surface area (Å²) in [4.78, 5) is 4.87. The van der Waals surface area contributed by atoms with Crippen molar-refractivity contribution in [2.75, 3.05) is 13.1 Å². The molecule has 3 aromatic heterocycles. The van der Waals surface area contributed by atoms with Crippen LogP contribution in [-0.2, 0) is 11.3 Å². The highest BCUT2D eigenvalue weighted by Crippen LogP contribution is 2.23. The Bertz CT molecular complexity index is 763. The van der Waals surface area contributed by atoms with Crippen molar-refractivity contribution in [1.82, 2.24) is 30.1 Å². The first-order chi connectivity index (χ1) is 10.2. The molecule has 0 unspecified atom stereocenters. The minimum absolute atomic E-state index is 0.0712. The first-order valence-corrected chi connectivity index (χ1v) is 7.51. The zero-order chi connectivity index (χ0) is 14.3. The van der Waals surface area contributed by atoms with Gasteiger partial charge in [0.05, 0.1) is 5.60 Å². The van der Waals surface area contributed by atoms with Crippen LogP contribution in [0.2, 0.25) is 0 Å². The second-order valence-corrected chi connectivity index (χ2v) is 6.34. The summed E-state index contributed by atoms with van der Waals surface area (Å²) in [7, 11) is 0.